The average Bonchev–Trinajstić information content (AvgIpc) is 2.71. The van der Waals surface area contributed by atoms with Gasteiger partial charge in [0.05, 0.1) is 0 Å². The lowest BCUT2D eigenvalue weighted by atomic mass is 9.78. The van der Waals surface area contributed by atoms with Crippen molar-refractivity contribution in [2.75, 3.05) is 0 Å². The molecule has 3 rings (SSSR count). The number of rotatable bonds is 8. The van der Waals surface area contributed by atoms with E-state index in [-0.39, 0.29) is 5.56 Å². The van der Waals surface area contributed by atoms with Gasteiger partial charge in [-0.05, 0) is 41.9 Å². The molecule has 1 nitrogen and oxygen atoms in total. The van der Waals surface area contributed by atoms with Crippen molar-refractivity contribution in [3.63, 3.8) is 0 Å². The Bertz CT molecular complexity index is 749. The lowest BCUT2D eigenvalue weighted by Gasteiger charge is -2.28. The van der Waals surface area contributed by atoms with E-state index in [1.165, 1.54) is 63.4 Å². The summed E-state index contributed by atoms with van der Waals surface area (Å²) in [6.07, 6.45) is 13.0. The highest BCUT2D eigenvalue weighted by atomic mass is 19.2. The summed E-state index contributed by atoms with van der Waals surface area (Å²) in [5.74, 6) is -1.79. The van der Waals surface area contributed by atoms with Gasteiger partial charge in [0.15, 0.2) is 5.82 Å². The molecule has 1 aromatic carbocycles. The van der Waals surface area contributed by atoms with Gasteiger partial charge in [-0.2, -0.15) is 13.8 Å². The van der Waals surface area contributed by atoms with Crippen LogP contribution in [0.4, 0.5) is 13.2 Å². The molecule has 2 aromatic rings. The third kappa shape index (κ3) is 5.59. The van der Waals surface area contributed by atoms with Crippen LogP contribution >= 0.6 is 0 Å². The third-order valence-corrected chi connectivity index (χ3v) is 6.18. The van der Waals surface area contributed by atoms with Crippen LogP contribution in [0.15, 0.2) is 30.3 Å². The van der Waals surface area contributed by atoms with Crippen LogP contribution in [-0.2, 0) is 6.42 Å². The molecule has 0 saturated heterocycles. The maximum absolute atomic E-state index is 13.8. The summed E-state index contributed by atoms with van der Waals surface area (Å²) in [6.45, 7) is 2.26. The molecule has 0 atom stereocenters. The number of hydrogen-bond donors (Lipinski definition) is 0. The molecule has 0 aliphatic heterocycles. The topological polar surface area (TPSA) is 12.9 Å². The van der Waals surface area contributed by atoms with Crippen molar-refractivity contribution < 1.29 is 13.2 Å². The van der Waals surface area contributed by atoms with Crippen LogP contribution in [0.25, 0.3) is 11.1 Å². The molecule has 0 N–H and O–H groups in total. The fourth-order valence-electron chi connectivity index (χ4n) is 4.36. The van der Waals surface area contributed by atoms with Crippen molar-refractivity contribution >= 4 is 0 Å². The standard InChI is InChI=1S/C24H30F3N/c1-2-3-4-5-17-6-8-18(9-7-17)10-11-19-12-14-20(15-13-19)21-16-22(25)24(27)28-23(21)26/h12-18H,2-11H2,1H3. The number of aromatic nitrogens is 1. The van der Waals surface area contributed by atoms with Crippen LogP contribution in [0, 0.1) is 29.5 Å². The number of pyridine rings is 1. The lowest BCUT2D eigenvalue weighted by molar-refractivity contribution is 0.249. The van der Waals surface area contributed by atoms with E-state index in [1.54, 1.807) is 12.1 Å². The maximum atomic E-state index is 13.8. The van der Waals surface area contributed by atoms with Crippen LogP contribution < -0.4 is 0 Å². The van der Waals surface area contributed by atoms with Crippen LogP contribution in [0.3, 0.4) is 0 Å². The molecule has 0 bridgehead atoms. The maximum Gasteiger partial charge on any atom is 0.251 e. The SMILES string of the molecule is CCCCCC1CCC(CCc2ccc(-c3cc(F)c(F)nc3F)cc2)CC1. The predicted molar refractivity (Wildman–Crippen MR) is 107 cm³/mol. The summed E-state index contributed by atoms with van der Waals surface area (Å²) >= 11 is 0. The molecule has 1 heterocycles. The number of halogens is 3. The van der Waals surface area contributed by atoms with Crippen molar-refractivity contribution in [3.05, 3.63) is 53.6 Å². The zero-order valence-electron chi connectivity index (χ0n) is 16.7. The number of unbranched alkanes of at least 4 members (excludes halogenated alkanes) is 2. The van der Waals surface area contributed by atoms with Gasteiger partial charge in [0.25, 0.3) is 5.95 Å². The quantitative estimate of drug-likeness (QED) is 0.337. The lowest BCUT2D eigenvalue weighted by Crippen LogP contribution is -2.15. The Morgan fingerprint density at radius 2 is 1.50 bits per heavy atom. The Balaban J connectivity index is 1.49. The molecule has 152 valence electrons. The molecule has 0 amide bonds. The highest BCUT2D eigenvalue weighted by molar-refractivity contribution is 5.63. The summed E-state index contributed by atoms with van der Waals surface area (Å²) in [4.78, 5) is 2.99. The normalized spacial score (nSPS) is 19.7. The Morgan fingerprint density at radius 1 is 0.857 bits per heavy atom. The van der Waals surface area contributed by atoms with E-state index in [2.05, 4.69) is 11.9 Å². The molecule has 1 fully saturated rings. The molecular formula is C24H30F3N. The molecule has 0 spiro atoms. The molecule has 1 aliphatic rings. The molecule has 1 aliphatic carbocycles. The van der Waals surface area contributed by atoms with Gasteiger partial charge < -0.3 is 0 Å². The zero-order valence-corrected chi connectivity index (χ0v) is 16.7. The van der Waals surface area contributed by atoms with Gasteiger partial charge in [0.2, 0.25) is 5.95 Å². The van der Waals surface area contributed by atoms with Crippen molar-refractivity contribution in [2.24, 2.45) is 11.8 Å². The van der Waals surface area contributed by atoms with E-state index in [0.717, 1.165) is 24.3 Å². The predicted octanol–water partition coefficient (Wildman–Crippen LogP) is 7.49. The molecule has 1 aromatic heterocycles. The Labute approximate surface area is 166 Å². The highest BCUT2D eigenvalue weighted by Crippen LogP contribution is 2.34. The van der Waals surface area contributed by atoms with Gasteiger partial charge in [-0.1, -0.05) is 82.6 Å². The van der Waals surface area contributed by atoms with Gasteiger partial charge in [0, 0.05) is 5.56 Å². The Hall–Kier alpha value is -1.84. The van der Waals surface area contributed by atoms with E-state index >= 15 is 0 Å². The Morgan fingerprint density at radius 3 is 2.14 bits per heavy atom. The second-order valence-electron chi connectivity index (χ2n) is 8.22. The average molecular weight is 390 g/mol. The molecule has 28 heavy (non-hydrogen) atoms. The smallest absolute Gasteiger partial charge is 0.202 e. The molecule has 4 heteroatoms. The summed E-state index contributed by atoms with van der Waals surface area (Å²) in [5.41, 5.74) is 1.71. The number of aryl methyl sites for hydroxylation is 1. The van der Waals surface area contributed by atoms with Gasteiger partial charge in [-0.25, -0.2) is 4.39 Å². The first-order valence-corrected chi connectivity index (χ1v) is 10.7. The van der Waals surface area contributed by atoms with E-state index in [9.17, 15) is 13.2 Å². The summed E-state index contributed by atoms with van der Waals surface area (Å²) in [6, 6.07) is 8.29. The van der Waals surface area contributed by atoms with Gasteiger partial charge >= 0.3 is 0 Å². The number of benzene rings is 1. The van der Waals surface area contributed by atoms with Crippen LogP contribution in [0.1, 0.15) is 70.3 Å². The molecule has 0 radical (unpaired) electrons. The minimum absolute atomic E-state index is 0.00755. The second kappa shape index (κ2) is 10.1. The summed E-state index contributed by atoms with van der Waals surface area (Å²) in [5, 5.41) is 0. The fourth-order valence-corrected chi connectivity index (χ4v) is 4.36. The zero-order chi connectivity index (χ0) is 19.9. The summed E-state index contributed by atoms with van der Waals surface area (Å²) < 4.78 is 40.2. The number of hydrogen-bond acceptors (Lipinski definition) is 1. The van der Waals surface area contributed by atoms with Crippen molar-refractivity contribution in [3.8, 4) is 11.1 Å². The van der Waals surface area contributed by atoms with Crippen LogP contribution in [-0.4, -0.2) is 4.98 Å². The summed E-state index contributed by atoms with van der Waals surface area (Å²) in [7, 11) is 0. The van der Waals surface area contributed by atoms with E-state index in [4.69, 9.17) is 0 Å². The van der Waals surface area contributed by atoms with Gasteiger partial charge in [0.1, 0.15) is 0 Å². The van der Waals surface area contributed by atoms with Crippen molar-refractivity contribution in [1.82, 2.24) is 4.98 Å². The second-order valence-corrected chi connectivity index (χ2v) is 8.22. The molecule has 1 saturated carbocycles. The van der Waals surface area contributed by atoms with Gasteiger partial charge in [-0.3, -0.25) is 0 Å². The third-order valence-electron chi connectivity index (χ3n) is 6.18. The molecular weight excluding hydrogens is 359 g/mol. The Kier molecular flexibility index (Phi) is 7.52. The first kappa shape index (κ1) is 20.9. The van der Waals surface area contributed by atoms with E-state index < -0.39 is 17.7 Å². The monoisotopic (exact) mass is 389 g/mol. The molecule has 0 unspecified atom stereocenters. The highest BCUT2D eigenvalue weighted by Gasteiger charge is 2.20. The van der Waals surface area contributed by atoms with Crippen LogP contribution in [0.5, 0.6) is 0 Å². The first-order chi connectivity index (χ1) is 13.6. The largest absolute Gasteiger partial charge is 0.251 e. The van der Waals surface area contributed by atoms with E-state index in [1.807, 2.05) is 12.1 Å². The first-order valence-electron chi connectivity index (χ1n) is 10.7. The number of nitrogens with zero attached hydrogens (tertiary/aromatic N) is 1. The van der Waals surface area contributed by atoms with Crippen LogP contribution in [0.2, 0.25) is 0 Å². The van der Waals surface area contributed by atoms with Gasteiger partial charge in [-0.15, -0.1) is 0 Å². The van der Waals surface area contributed by atoms with E-state index in [0.29, 0.717) is 5.56 Å². The minimum atomic E-state index is -1.40. The van der Waals surface area contributed by atoms with Crippen molar-refractivity contribution in [2.45, 2.75) is 71.1 Å². The minimum Gasteiger partial charge on any atom is -0.202 e. The van der Waals surface area contributed by atoms with Crippen molar-refractivity contribution in [1.29, 1.82) is 0 Å². The fraction of sp³-hybridized carbons (Fsp3) is 0.542.